The van der Waals surface area contributed by atoms with E-state index in [9.17, 15) is 9.90 Å². The lowest BCUT2D eigenvalue weighted by atomic mass is 10.1. The molecule has 7 nitrogen and oxygen atoms in total. The molecule has 1 fully saturated rings. The summed E-state index contributed by atoms with van der Waals surface area (Å²) in [6.45, 7) is 1.44. The van der Waals surface area contributed by atoms with Gasteiger partial charge in [-0.3, -0.25) is 0 Å². The van der Waals surface area contributed by atoms with E-state index in [1.807, 2.05) is 0 Å². The monoisotopic (exact) mass is 199 g/mol. The van der Waals surface area contributed by atoms with Crippen LogP contribution in [0, 0.1) is 0 Å². The normalized spacial score (nSPS) is 19.4. The second kappa shape index (κ2) is 4.69. The fraction of sp³-hybridized carbons (Fsp3) is 0.857. The Morgan fingerprint density at radius 2 is 2.14 bits per heavy atom. The van der Waals surface area contributed by atoms with Crippen LogP contribution in [0.15, 0.2) is 5.11 Å². The third kappa shape index (κ3) is 2.79. The number of likely N-dealkylation sites (tertiary alicyclic amines) is 1. The van der Waals surface area contributed by atoms with Gasteiger partial charge in [-0.1, -0.05) is 0 Å². The van der Waals surface area contributed by atoms with Gasteiger partial charge in [0.2, 0.25) is 0 Å². The molecule has 1 rings (SSSR count). The lowest BCUT2D eigenvalue weighted by Crippen LogP contribution is -2.64. The molecule has 1 aliphatic heterocycles. The Kier molecular flexibility index (Phi) is 3.55. The van der Waals surface area contributed by atoms with Crippen LogP contribution in [-0.4, -0.2) is 30.4 Å². The fourth-order valence-electron chi connectivity index (χ4n) is 1.75. The number of carbonyl (C=O) groups excluding carboxylic acids is 1. The maximum Gasteiger partial charge on any atom is 0.185 e. The van der Waals surface area contributed by atoms with Gasteiger partial charge in [-0.15, -0.1) is 0 Å². The number of nitrogens with zero attached hydrogens (tertiary/aromatic N) is 4. The molecule has 0 unspecified atom stereocenters. The zero-order chi connectivity index (χ0) is 10.4. The molecule has 1 N–H and O–H groups in total. The van der Waals surface area contributed by atoms with E-state index in [4.69, 9.17) is 5.53 Å². The Hall–Kier alpha value is -1.46. The molecule has 1 heterocycles. The molecule has 1 aliphatic rings. The van der Waals surface area contributed by atoms with E-state index in [0.29, 0.717) is 13.1 Å². The van der Waals surface area contributed by atoms with Gasteiger partial charge in [-0.25, -0.2) is 10.0 Å². The quantitative estimate of drug-likeness (QED) is 0.301. The topological polar surface area (TPSA) is 101 Å². The average Bonchev–Trinajstić information content (AvgIpc) is 2.15. The summed E-state index contributed by atoms with van der Waals surface area (Å²) in [5.41, 5.74) is 10.5. The molecule has 0 aromatic carbocycles. The van der Waals surface area contributed by atoms with Crippen LogP contribution in [0.3, 0.4) is 0 Å². The lowest BCUT2D eigenvalue weighted by molar-refractivity contribution is -0.966. The first-order valence-corrected chi connectivity index (χ1v) is 4.55. The minimum absolute atomic E-state index is 0.104. The number of azide groups is 1. The molecule has 0 saturated carbocycles. The molecule has 1 saturated heterocycles. The number of rotatable bonds is 3. The van der Waals surface area contributed by atoms with Gasteiger partial charge < -0.3 is 9.90 Å². The summed E-state index contributed by atoms with van der Waals surface area (Å²) in [5, 5.41) is 13.9. The number of piperidine rings is 1. The first-order valence-electron chi connectivity index (χ1n) is 4.55. The zero-order valence-corrected chi connectivity index (χ0v) is 7.85. The molecule has 0 radical (unpaired) electrons. The maximum absolute atomic E-state index is 10.5. The van der Waals surface area contributed by atoms with Gasteiger partial charge in [-0.2, -0.15) is 0 Å². The molecule has 14 heavy (non-hydrogen) atoms. The van der Waals surface area contributed by atoms with E-state index in [2.05, 4.69) is 15.5 Å². The largest absolute Gasteiger partial charge is 0.526 e. The predicted molar refractivity (Wildman–Crippen MR) is 46.4 cm³/mol. The van der Waals surface area contributed by atoms with Gasteiger partial charge in [0.25, 0.3) is 0 Å². The van der Waals surface area contributed by atoms with Crippen molar-refractivity contribution in [2.75, 3.05) is 19.8 Å². The van der Waals surface area contributed by atoms with Crippen LogP contribution in [0.25, 0.3) is 10.4 Å². The first-order chi connectivity index (χ1) is 6.68. The summed E-state index contributed by atoms with van der Waals surface area (Å²) in [6, 6.07) is 0. The summed E-state index contributed by atoms with van der Waals surface area (Å²) in [7, 11) is 0. The summed E-state index contributed by atoms with van der Waals surface area (Å²) >= 11 is 0. The van der Waals surface area contributed by atoms with Crippen LogP contribution < -0.4 is 10.5 Å². The summed E-state index contributed by atoms with van der Waals surface area (Å²) in [5.74, 6) is 0. The highest BCUT2D eigenvalue weighted by Gasteiger charge is 2.29. The van der Waals surface area contributed by atoms with Gasteiger partial charge >= 0.3 is 0 Å². The van der Waals surface area contributed by atoms with Crippen molar-refractivity contribution in [1.82, 2.24) is 5.43 Å². The van der Waals surface area contributed by atoms with Gasteiger partial charge in [0, 0.05) is 4.91 Å². The standard InChI is InChI=1S/C7H13N5O2/c8-11-9-6-12(10-7(13)14)4-2-1-3-5-12/h10H,1-6H2. The van der Waals surface area contributed by atoms with Crippen molar-refractivity contribution in [3.8, 4) is 0 Å². The Balaban J connectivity index is 2.65. The van der Waals surface area contributed by atoms with Crippen LogP contribution in [0.5, 0.6) is 0 Å². The van der Waals surface area contributed by atoms with Crippen molar-refractivity contribution in [3.63, 3.8) is 0 Å². The first kappa shape index (κ1) is 10.6. The van der Waals surface area contributed by atoms with E-state index in [0.717, 1.165) is 19.3 Å². The van der Waals surface area contributed by atoms with Crippen molar-refractivity contribution in [2.24, 2.45) is 5.11 Å². The second-order valence-electron chi connectivity index (χ2n) is 3.42. The Labute approximate surface area is 81.5 Å². The third-order valence-electron chi connectivity index (χ3n) is 2.40. The molecular weight excluding hydrogens is 186 g/mol. The molecule has 7 heteroatoms. The van der Waals surface area contributed by atoms with Crippen molar-refractivity contribution in [3.05, 3.63) is 10.4 Å². The average molecular weight is 199 g/mol. The number of quaternary nitrogens is 1. The smallest absolute Gasteiger partial charge is 0.185 e. The molecule has 78 valence electrons. The van der Waals surface area contributed by atoms with E-state index < -0.39 is 6.09 Å². The number of nitrogens with one attached hydrogen (secondary N) is 1. The third-order valence-corrected chi connectivity index (χ3v) is 2.40. The van der Waals surface area contributed by atoms with E-state index >= 15 is 0 Å². The number of carbonyl (C=O) groups is 1. The van der Waals surface area contributed by atoms with Crippen LogP contribution in [0.1, 0.15) is 19.3 Å². The number of hydrogen-bond donors (Lipinski definition) is 1. The zero-order valence-electron chi connectivity index (χ0n) is 7.85. The minimum atomic E-state index is -1.32. The van der Waals surface area contributed by atoms with Crippen LogP contribution in [-0.2, 0) is 0 Å². The molecular formula is C7H13N5O2. The van der Waals surface area contributed by atoms with Crippen molar-refractivity contribution in [2.45, 2.75) is 19.3 Å². The Bertz CT molecular complexity index is 249. The summed E-state index contributed by atoms with van der Waals surface area (Å²) in [6.07, 6.45) is 1.63. The molecule has 0 aliphatic carbocycles. The molecule has 1 amide bonds. The molecule has 0 bridgehead atoms. The van der Waals surface area contributed by atoms with Gasteiger partial charge in [0.1, 0.15) is 13.1 Å². The minimum Gasteiger partial charge on any atom is -0.526 e. The highest BCUT2D eigenvalue weighted by atomic mass is 16.4. The van der Waals surface area contributed by atoms with Gasteiger partial charge in [0.05, 0.1) is 0 Å². The molecule has 0 atom stereocenters. The molecule has 0 aromatic rings. The van der Waals surface area contributed by atoms with Crippen molar-refractivity contribution in [1.29, 1.82) is 0 Å². The van der Waals surface area contributed by atoms with E-state index in [-0.39, 0.29) is 11.3 Å². The summed E-state index contributed by atoms with van der Waals surface area (Å²) in [4.78, 5) is 13.1. The SMILES string of the molecule is [N-]=[N+]=NC[N+]1(NC(=O)[O-])CCCCC1. The van der Waals surface area contributed by atoms with Crippen molar-refractivity contribution >= 4 is 6.09 Å². The van der Waals surface area contributed by atoms with Crippen LogP contribution >= 0.6 is 0 Å². The predicted octanol–water partition coefficient (Wildman–Crippen LogP) is 0.103. The van der Waals surface area contributed by atoms with E-state index in [1.54, 1.807) is 0 Å². The lowest BCUT2D eigenvalue weighted by Gasteiger charge is -2.39. The number of carboxylic acid groups (broad SMARTS) is 1. The number of amides is 1. The van der Waals surface area contributed by atoms with Crippen LogP contribution in [0.4, 0.5) is 4.79 Å². The molecule has 0 aromatic heterocycles. The van der Waals surface area contributed by atoms with Gasteiger partial charge in [-0.05, 0) is 29.9 Å². The van der Waals surface area contributed by atoms with Crippen LogP contribution in [0.2, 0.25) is 0 Å². The highest BCUT2D eigenvalue weighted by Crippen LogP contribution is 2.15. The highest BCUT2D eigenvalue weighted by molar-refractivity contribution is 5.60. The second-order valence-corrected chi connectivity index (χ2v) is 3.42. The Morgan fingerprint density at radius 1 is 1.50 bits per heavy atom. The Morgan fingerprint density at radius 3 is 2.64 bits per heavy atom. The fourth-order valence-corrected chi connectivity index (χ4v) is 1.75. The van der Waals surface area contributed by atoms with E-state index in [1.165, 1.54) is 0 Å². The summed E-state index contributed by atoms with van der Waals surface area (Å²) < 4.78 is 0.104. The van der Waals surface area contributed by atoms with Crippen molar-refractivity contribution < 1.29 is 14.5 Å². The number of hydrogen-bond acceptors (Lipinski definition) is 3. The maximum atomic E-state index is 10.5. The van der Waals surface area contributed by atoms with Gasteiger partial charge in [0.15, 0.2) is 12.8 Å². The molecule has 0 spiro atoms.